The molecule has 1 aliphatic rings. The fraction of sp³-hybridized carbons (Fsp3) is 0.250. The number of carbonyl (C=O) groups excluding carboxylic acids is 1. The number of nitro benzene ring substituents is 1. The van der Waals surface area contributed by atoms with E-state index in [4.69, 9.17) is 4.74 Å². The Kier molecular flexibility index (Phi) is 4.66. The minimum Gasteiger partial charge on any atom is -0.481 e. The number of rotatable bonds is 4. The summed E-state index contributed by atoms with van der Waals surface area (Å²) in [6.45, 7) is 0.621. The van der Waals surface area contributed by atoms with Crippen molar-refractivity contribution in [3.63, 3.8) is 0 Å². The molecule has 0 spiro atoms. The van der Waals surface area contributed by atoms with Crippen LogP contribution in [0, 0.1) is 10.1 Å². The predicted octanol–water partition coefficient (Wildman–Crippen LogP) is 2.89. The van der Waals surface area contributed by atoms with E-state index in [9.17, 15) is 14.9 Å². The van der Waals surface area contributed by atoms with Crippen molar-refractivity contribution >= 4 is 23.4 Å². The average molecular weight is 345 g/mol. The van der Waals surface area contributed by atoms with Gasteiger partial charge in [0.25, 0.3) is 11.6 Å². The van der Waals surface area contributed by atoms with Gasteiger partial charge >= 0.3 is 0 Å². The van der Waals surface area contributed by atoms with Crippen molar-refractivity contribution in [2.75, 3.05) is 19.4 Å². The minimum absolute atomic E-state index is 0.0403. The van der Waals surface area contributed by atoms with E-state index in [-0.39, 0.29) is 17.0 Å². The van der Waals surface area contributed by atoms with E-state index < -0.39 is 4.92 Å². The van der Waals surface area contributed by atoms with Crippen LogP contribution in [0.15, 0.2) is 42.6 Å². The normalized spacial score (nSPS) is 16.9. The van der Waals surface area contributed by atoms with Crippen LogP contribution in [0.4, 0.5) is 5.69 Å². The summed E-state index contributed by atoms with van der Waals surface area (Å²) in [7, 11) is 1.50. The lowest BCUT2D eigenvalue weighted by molar-refractivity contribution is -0.384. The zero-order valence-corrected chi connectivity index (χ0v) is 13.7. The number of non-ortho nitro benzene ring substituents is 1. The standard InChI is InChI=1S/C16H15N3O4S/c1-23-14-10-12(6-7-17-14)15(20)18-8-9-24-16(18)11-2-4-13(5-3-11)19(21)22/h2-7,10,16H,8-9H2,1H3. The monoisotopic (exact) mass is 345 g/mol. The molecule has 0 radical (unpaired) electrons. The van der Waals surface area contributed by atoms with Crippen LogP contribution in [-0.2, 0) is 0 Å². The second-order valence-electron chi connectivity index (χ2n) is 5.16. The molecule has 1 amide bonds. The maximum absolute atomic E-state index is 12.8. The molecule has 1 aromatic heterocycles. The van der Waals surface area contributed by atoms with E-state index in [0.29, 0.717) is 18.0 Å². The van der Waals surface area contributed by atoms with Gasteiger partial charge in [-0.25, -0.2) is 4.98 Å². The molecule has 1 unspecified atom stereocenters. The predicted molar refractivity (Wildman–Crippen MR) is 90.1 cm³/mol. The Morgan fingerprint density at radius 2 is 2.12 bits per heavy atom. The fourth-order valence-electron chi connectivity index (χ4n) is 2.53. The molecular weight excluding hydrogens is 330 g/mol. The van der Waals surface area contributed by atoms with Gasteiger partial charge in [-0.15, -0.1) is 11.8 Å². The van der Waals surface area contributed by atoms with E-state index in [1.807, 2.05) is 0 Å². The van der Waals surface area contributed by atoms with Crippen LogP contribution >= 0.6 is 11.8 Å². The van der Waals surface area contributed by atoms with Gasteiger partial charge in [0.1, 0.15) is 5.37 Å². The second kappa shape index (κ2) is 6.88. The molecule has 0 N–H and O–H groups in total. The third kappa shape index (κ3) is 3.18. The topological polar surface area (TPSA) is 85.6 Å². The Morgan fingerprint density at radius 3 is 2.79 bits per heavy atom. The van der Waals surface area contributed by atoms with Crippen LogP contribution in [-0.4, -0.2) is 40.1 Å². The first-order valence-corrected chi connectivity index (χ1v) is 8.32. The zero-order valence-electron chi connectivity index (χ0n) is 12.9. The maximum atomic E-state index is 12.8. The minimum atomic E-state index is -0.433. The van der Waals surface area contributed by atoms with Gasteiger partial charge in [0.15, 0.2) is 0 Å². The van der Waals surface area contributed by atoms with Crippen molar-refractivity contribution in [3.05, 3.63) is 63.8 Å². The highest BCUT2D eigenvalue weighted by Gasteiger charge is 2.31. The zero-order chi connectivity index (χ0) is 17.1. The third-order valence-corrected chi connectivity index (χ3v) is 4.99. The van der Waals surface area contributed by atoms with E-state index >= 15 is 0 Å². The summed E-state index contributed by atoms with van der Waals surface area (Å²) in [5.74, 6) is 1.10. The molecule has 1 saturated heterocycles. The van der Waals surface area contributed by atoms with Gasteiger partial charge < -0.3 is 9.64 Å². The maximum Gasteiger partial charge on any atom is 0.269 e. The molecular formula is C16H15N3O4S. The summed E-state index contributed by atoms with van der Waals surface area (Å²) in [6, 6.07) is 9.60. The molecule has 1 aromatic carbocycles. The Bertz CT molecular complexity index is 766. The molecule has 1 aliphatic heterocycles. The summed E-state index contributed by atoms with van der Waals surface area (Å²) in [6.07, 6.45) is 1.54. The number of carbonyl (C=O) groups is 1. The first-order valence-electron chi connectivity index (χ1n) is 7.27. The van der Waals surface area contributed by atoms with E-state index in [1.54, 1.807) is 40.9 Å². The molecule has 0 aliphatic carbocycles. The molecule has 2 heterocycles. The molecule has 7 nitrogen and oxygen atoms in total. The second-order valence-corrected chi connectivity index (χ2v) is 6.35. The number of hydrogen-bond donors (Lipinski definition) is 0. The van der Waals surface area contributed by atoms with Gasteiger partial charge in [0, 0.05) is 42.3 Å². The molecule has 2 aromatic rings. The number of nitro groups is 1. The Hall–Kier alpha value is -2.61. The number of hydrogen-bond acceptors (Lipinski definition) is 6. The van der Waals surface area contributed by atoms with Crippen LogP contribution < -0.4 is 4.74 Å². The molecule has 124 valence electrons. The number of thioether (sulfide) groups is 1. The summed E-state index contributed by atoms with van der Waals surface area (Å²) in [4.78, 5) is 28.9. The number of aromatic nitrogens is 1. The number of amides is 1. The van der Waals surface area contributed by atoms with Gasteiger partial charge in [-0.3, -0.25) is 14.9 Å². The SMILES string of the molecule is COc1cc(C(=O)N2CCSC2c2ccc([N+](=O)[O-])cc2)ccn1. The van der Waals surface area contributed by atoms with Crippen molar-refractivity contribution < 1.29 is 14.5 Å². The summed E-state index contributed by atoms with van der Waals surface area (Å²) >= 11 is 1.64. The smallest absolute Gasteiger partial charge is 0.269 e. The molecule has 24 heavy (non-hydrogen) atoms. The first kappa shape index (κ1) is 16.3. The summed E-state index contributed by atoms with van der Waals surface area (Å²) in [5.41, 5.74) is 1.42. The van der Waals surface area contributed by atoms with Gasteiger partial charge in [0.05, 0.1) is 12.0 Å². The molecule has 0 saturated carbocycles. The van der Waals surface area contributed by atoms with Gasteiger partial charge in [0.2, 0.25) is 5.88 Å². The third-order valence-electron chi connectivity index (χ3n) is 3.73. The van der Waals surface area contributed by atoms with E-state index in [1.165, 1.54) is 25.4 Å². The highest BCUT2D eigenvalue weighted by molar-refractivity contribution is 7.99. The molecule has 1 fully saturated rings. The fourth-order valence-corrected chi connectivity index (χ4v) is 3.79. The lowest BCUT2D eigenvalue weighted by Gasteiger charge is -2.24. The average Bonchev–Trinajstić information content (AvgIpc) is 3.11. The lowest BCUT2D eigenvalue weighted by Crippen LogP contribution is -2.30. The van der Waals surface area contributed by atoms with Crippen LogP contribution in [0.5, 0.6) is 5.88 Å². The Labute approximate surface area is 142 Å². The summed E-state index contributed by atoms with van der Waals surface area (Å²) < 4.78 is 5.06. The number of pyridine rings is 1. The number of benzene rings is 1. The van der Waals surface area contributed by atoms with Crippen molar-refractivity contribution in [2.45, 2.75) is 5.37 Å². The first-order chi connectivity index (χ1) is 11.6. The van der Waals surface area contributed by atoms with E-state index in [2.05, 4.69) is 4.98 Å². The van der Waals surface area contributed by atoms with Gasteiger partial charge in [-0.1, -0.05) is 0 Å². The van der Waals surface area contributed by atoms with E-state index in [0.717, 1.165) is 11.3 Å². The molecule has 0 bridgehead atoms. The van der Waals surface area contributed by atoms with Gasteiger partial charge in [-0.2, -0.15) is 0 Å². The number of ether oxygens (including phenoxy) is 1. The highest BCUT2D eigenvalue weighted by Crippen LogP contribution is 2.39. The molecule has 8 heteroatoms. The van der Waals surface area contributed by atoms with Crippen LogP contribution in [0.2, 0.25) is 0 Å². The number of methoxy groups -OCH3 is 1. The van der Waals surface area contributed by atoms with Crippen LogP contribution in [0.1, 0.15) is 21.3 Å². The molecule has 3 rings (SSSR count). The largest absolute Gasteiger partial charge is 0.481 e. The highest BCUT2D eigenvalue weighted by atomic mass is 32.2. The Balaban J connectivity index is 1.84. The van der Waals surface area contributed by atoms with Crippen LogP contribution in [0.3, 0.4) is 0 Å². The quantitative estimate of drug-likeness (QED) is 0.626. The van der Waals surface area contributed by atoms with Crippen LogP contribution in [0.25, 0.3) is 0 Å². The summed E-state index contributed by atoms with van der Waals surface area (Å²) in [5, 5.41) is 10.6. The van der Waals surface area contributed by atoms with Crippen molar-refractivity contribution in [2.24, 2.45) is 0 Å². The lowest BCUT2D eigenvalue weighted by atomic mass is 10.1. The number of nitrogens with zero attached hydrogens (tertiary/aromatic N) is 3. The molecule has 1 atom stereocenters. The van der Waals surface area contributed by atoms with Crippen molar-refractivity contribution in [1.82, 2.24) is 9.88 Å². The Morgan fingerprint density at radius 1 is 1.38 bits per heavy atom. The van der Waals surface area contributed by atoms with Crippen molar-refractivity contribution in [3.8, 4) is 5.88 Å². The van der Waals surface area contributed by atoms with Gasteiger partial charge in [-0.05, 0) is 23.8 Å². The van der Waals surface area contributed by atoms with Crippen molar-refractivity contribution in [1.29, 1.82) is 0 Å².